The predicted molar refractivity (Wildman–Crippen MR) is 80.4 cm³/mol. The summed E-state index contributed by atoms with van der Waals surface area (Å²) >= 11 is 0. The SMILES string of the molecule is CC(C)N(C(=O)COC(=O)/C(C#N)=C/c1ccco1)C(C)C. The number of furan rings is 1. The molecule has 0 aliphatic carbocycles. The number of ether oxygens (including phenoxy) is 1. The van der Waals surface area contributed by atoms with E-state index in [1.807, 2.05) is 27.7 Å². The van der Waals surface area contributed by atoms with Crippen LogP contribution in [0.5, 0.6) is 0 Å². The Morgan fingerprint density at radius 1 is 1.36 bits per heavy atom. The lowest BCUT2D eigenvalue weighted by Gasteiger charge is -2.30. The first kappa shape index (κ1) is 17.5. The highest BCUT2D eigenvalue weighted by Gasteiger charge is 2.22. The summed E-state index contributed by atoms with van der Waals surface area (Å²) in [5.41, 5.74) is -0.219. The number of hydrogen-bond acceptors (Lipinski definition) is 5. The van der Waals surface area contributed by atoms with Crippen molar-refractivity contribution in [3.63, 3.8) is 0 Å². The number of amides is 1. The number of nitrogens with zero attached hydrogens (tertiary/aromatic N) is 2. The monoisotopic (exact) mass is 304 g/mol. The third-order valence-corrected chi connectivity index (χ3v) is 2.90. The molecule has 0 aliphatic rings. The van der Waals surface area contributed by atoms with Crippen molar-refractivity contribution in [1.29, 1.82) is 5.26 Å². The Labute approximate surface area is 130 Å². The fourth-order valence-corrected chi connectivity index (χ4v) is 2.10. The Bertz CT molecular complexity index is 572. The third-order valence-electron chi connectivity index (χ3n) is 2.90. The van der Waals surface area contributed by atoms with Gasteiger partial charge in [0.15, 0.2) is 6.61 Å². The van der Waals surface area contributed by atoms with Crippen molar-refractivity contribution in [1.82, 2.24) is 4.90 Å². The fraction of sp³-hybridized carbons (Fsp3) is 0.438. The lowest BCUT2D eigenvalue weighted by Crippen LogP contribution is -2.44. The first-order valence-corrected chi connectivity index (χ1v) is 7.00. The summed E-state index contributed by atoms with van der Waals surface area (Å²) in [5, 5.41) is 8.99. The molecular weight excluding hydrogens is 284 g/mol. The smallest absolute Gasteiger partial charge is 0.349 e. The second kappa shape index (κ2) is 8.03. The molecule has 0 saturated heterocycles. The summed E-state index contributed by atoms with van der Waals surface area (Å²) in [6, 6.07) is 4.98. The molecule has 0 N–H and O–H groups in total. The molecule has 1 aromatic heterocycles. The molecule has 6 nitrogen and oxygen atoms in total. The minimum atomic E-state index is -0.847. The Balaban J connectivity index is 2.69. The standard InChI is InChI=1S/C16H20N2O4/c1-11(2)18(12(3)4)15(19)10-22-16(20)13(9-17)8-14-6-5-7-21-14/h5-8,11-12H,10H2,1-4H3/b13-8+. The first-order valence-electron chi connectivity index (χ1n) is 7.00. The van der Waals surface area contributed by atoms with Crippen molar-refractivity contribution < 1.29 is 18.7 Å². The zero-order valence-electron chi connectivity index (χ0n) is 13.2. The van der Waals surface area contributed by atoms with Crippen molar-refractivity contribution in [3.05, 3.63) is 29.7 Å². The number of hydrogen-bond donors (Lipinski definition) is 0. The van der Waals surface area contributed by atoms with Crippen molar-refractivity contribution in [2.24, 2.45) is 0 Å². The normalized spacial score (nSPS) is 11.4. The van der Waals surface area contributed by atoms with E-state index in [0.29, 0.717) is 5.76 Å². The number of rotatable bonds is 6. The van der Waals surface area contributed by atoms with E-state index >= 15 is 0 Å². The molecule has 0 radical (unpaired) electrons. The van der Waals surface area contributed by atoms with Gasteiger partial charge in [-0.05, 0) is 39.8 Å². The second-order valence-electron chi connectivity index (χ2n) is 5.25. The lowest BCUT2D eigenvalue weighted by molar-refractivity contribution is -0.150. The van der Waals surface area contributed by atoms with Gasteiger partial charge in [0.1, 0.15) is 17.4 Å². The van der Waals surface area contributed by atoms with Gasteiger partial charge in [0.2, 0.25) is 0 Å². The average Bonchev–Trinajstić information content (AvgIpc) is 2.94. The third kappa shape index (κ3) is 4.77. The van der Waals surface area contributed by atoms with Gasteiger partial charge < -0.3 is 14.1 Å². The molecule has 0 aromatic carbocycles. The van der Waals surface area contributed by atoms with Crippen LogP contribution < -0.4 is 0 Å². The molecule has 0 atom stereocenters. The Morgan fingerprint density at radius 3 is 2.45 bits per heavy atom. The molecular formula is C16H20N2O4. The van der Waals surface area contributed by atoms with Gasteiger partial charge >= 0.3 is 5.97 Å². The molecule has 0 fully saturated rings. The van der Waals surface area contributed by atoms with Crippen LogP contribution in [0.1, 0.15) is 33.5 Å². The number of carbonyl (C=O) groups excluding carboxylic acids is 2. The molecule has 22 heavy (non-hydrogen) atoms. The lowest BCUT2D eigenvalue weighted by atomic mass is 10.2. The molecule has 0 bridgehead atoms. The molecule has 0 unspecified atom stereocenters. The first-order chi connectivity index (χ1) is 10.4. The second-order valence-corrected chi connectivity index (χ2v) is 5.25. The minimum absolute atomic E-state index is 0.000278. The summed E-state index contributed by atoms with van der Waals surface area (Å²) in [6.45, 7) is 7.15. The van der Waals surface area contributed by atoms with Crippen molar-refractivity contribution in [3.8, 4) is 6.07 Å². The topological polar surface area (TPSA) is 83.5 Å². The Hall–Kier alpha value is -2.55. The molecule has 1 amide bonds. The van der Waals surface area contributed by atoms with E-state index in [4.69, 9.17) is 14.4 Å². The van der Waals surface area contributed by atoms with Gasteiger partial charge in [0.05, 0.1) is 6.26 Å². The van der Waals surface area contributed by atoms with Gasteiger partial charge in [-0.3, -0.25) is 4.79 Å². The zero-order valence-corrected chi connectivity index (χ0v) is 13.2. The van der Waals surface area contributed by atoms with Gasteiger partial charge in [0, 0.05) is 18.2 Å². The van der Waals surface area contributed by atoms with Gasteiger partial charge in [-0.25, -0.2) is 4.79 Å². The van der Waals surface area contributed by atoms with Crippen LogP contribution in [-0.2, 0) is 14.3 Å². The van der Waals surface area contributed by atoms with Gasteiger partial charge in [0.25, 0.3) is 5.91 Å². The summed E-state index contributed by atoms with van der Waals surface area (Å²) in [4.78, 5) is 25.5. The van der Waals surface area contributed by atoms with Gasteiger partial charge in [-0.15, -0.1) is 0 Å². The largest absolute Gasteiger partial charge is 0.465 e. The number of esters is 1. The van der Waals surface area contributed by atoms with Gasteiger partial charge in [-0.2, -0.15) is 5.26 Å². The van der Waals surface area contributed by atoms with Crippen LogP contribution in [0.2, 0.25) is 0 Å². The van der Waals surface area contributed by atoms with Crippen LogP contribution in [0, 0.1) is 11.3 Å². The Kier molecular flexibility index (Phi) is 6.39. The van der Waals surface area contributed by atoms with E-state index in [1.54, 1.807) is 23.1 Å². The molecule has 1 rings (SSSR count). The van der Waals surface area contributed by atoms with Crippen LogP contribution >= 0.6 is 0 Å². The van der Waals surface area contributed by atoms with E-state index in [-0.39, 0.29) is 23.6 Å². The molecule has 6 heteroatoms. The Morgan fingerprint density at radius 2 is 2.00 bits per heavy atom. The van der Waals surface area contributed by atoms with E-state index in [2.05, 4.69) is 0 Å². The van der Waals surface area contributed by atoms with E-state index < -0.39 is 12.6 Å². The molecule has 1 heterocycles. The van der Waals surface area contributed by atoms with Crippen molar-refractivity contribution in [2.45, 2.75) is 39.8 Å². The van der Waals surface area contributed by atoms with Crippen molar-refractivity contribution >= 4 is 18.0 Å². The van der Waals surface area contributed by atoms with Gasteiger partial charge in [-0.1, -0.05) is 0 Å². The van der Waals surface area contributed by atoms with Crippen LogP contribution in [0.15, 0.2) is 28.4 Å². The molecule has 1 aromatic rings. The maximum atomic E-state index is 12.1. The highest BCUT2D eigenvalue weighted by Crippen LogP contribution is 2.10. The zero-order chi connectivity index (χ0) is 16.7. The summed E-state index contributed by atoms with van der Waals surface area (Å²) in [6.07, 6.45) is 2.70. The van der Waals surface area contributed by atoms with E-state index in [0.717, 1.165) is 0 Å². The quantitative estimate of drug-likeness (QED) is 0.457. The molecule has 118 valence electrons. The maximum Gasteiger partial charge on any atom is 0.349 e. The fourth-order valence-electron chi connectivity index (χ4n) is 2.10. The predicted octanol–water partition coefficient (Wildman–Crippen LogP) is 2.38. The van der Waals surface area contributed by atoms with Crippen LogP contribution in [0.3, 0.4) is 0 Å². The highest BCUT2D eigenvalue weighted by atomic mass is 16.5. The summed E-state index contributed by atoms with van der Waals surface area (Å²) < 4.78 is 9.96. The molecule has 0 spiro atoms. The van der Waals surface area contributed by atoms with E-state index in [1.165, 1.54) is 12.3 Å². The van der Waals surface area contributed by atoms with Crippen molar-refractivity contribution in [2.75, 3.05) is 6.61 Å². The van der Waals surface area contributed by atoms with Crippen LogP contribution in [0.4, 0.5) is 0 Å². The maximum absolute atomic E-state index is 12.1. The van der Waals surface area contributed by atoms with Crippen LogP contribution in [0.25, 0.3) is 6.08 Å². The van der Waals surface area contributed by atoms with E-state index in [9.17, 15) is 9.59 Å². The number of nitriles is 1. The van der Waals surface area contributed by atoms with Crippen LogP contribution in [-0.4, -0.2) is 35.5 Å². The summed E-state index contributed by atoms with van der Waals surface area (Å²) in [5.74, 6) is -0.779. The average molecular weight is 304 g/mol. The minimum Gasteiger partial charge on any atom is -0.465 e. The number of carbonyl (C=O) groups is 2. The highest BCUT2D eigenvalue weighted by molar-refractivity contribution is 5.98. The summed E-state index contributed by atoms with van der Waals surface area (Å²) in [7, 11) is 0. The molecule has 0 saturated carbocycles. The molecule has 0 aliphatic heterocycles.